The molecule has 2 aromatic carbocycles. The molecular weight excluding hydrogens is 316 g/mol. The highest BCUT2D eigenvalue weighted by molar-refractivity contribution is 9.10. The zero-order valence-electron chi connectivity index (χ0n) is 9.19. The second-order valence-electron chi connectivity index (χ2n) is 4.42. The summed E-state index contributed by atoms with van der Waals surface area (Å²) in [4.78, 5) is 0. The zero-order chi connectivity index (χ0) is 12.3. The minimum absolute atomic E-state index is 0.0639. The first-order valence-electron chi connectivity index (χ1n) is 5.65. The molecule has 2 heterocycles. The van der Waals surface area contributed by atoms with Crippen LogP contribution in [-0.2, 0) is 0 Å². The molecule has 0 bridgehead atoms. The summed E-state index contributed by atoms with van der Waals surface area (Å²) in [5, 5.41) is 0.684. The molecule has 0 N–H and O–H groups in total. The van der Waals surface area contributed by atoms with Gasteiger partial charge in [-0.05, 0) is 40.2 Å². The summed E-state index contributed by atoms with van der Waals surface area (Å²) in [6.45, 7) is 0. The maximum absolute atomic E-state index is 6.01. The van der Waals surface area contributed by atoms with Crippen molar-refractivity contribution in [3.63, 3.8) is 0 Å². The third kappa shape index (κ3) is 1.35. The summed E-state index contributed by atoms with van der Waals surface area (Å²) in [6, 6.07) is 11.7. The number of para-hydroxylation sites is 1. The second kappa shape index (κ2) is 3.65. The van der Waals surface area contributed by atoms with E-state index in [1.165, 1.54) is 0 Å². The third-order valence-corrected chi connectivity index (χ3v) is 4.22. The lowest BCUT2D eigenvalue weighted by Gasteiger charge is -2.08. The monoisotopic (exact) mass is 322 g/mol. The van der Waals surface area contributed by atoms with Gasteiger partial charge < -0.3 is 9.47 Å². The van der Waals surface area contributed by atoms with E-state index in [9.17, 15) is 0 Å². The van der Waals surface area contributed by atoms with Crippen molar-refractivity contribution in [1.29, 1.82) is 0 Å². The molecule has 0 amide bonds. The van der Waals surface area contributed by atoms with Crippen LogP contribution in [0.3, 0.4) is 0 Å². The molecule has 0 aliphatic carbocycles. The van der Waals surface area contributed by atoms with Crippen molar-refractivity contribution in [2.24, 2.45) is 0 Å². The fraction of sp³-hybridized carbons (Fsp3) is 0.143. The molecule has 2 aromatic rings. The largest absolute Gasteiger partial charge is 0.481 e. The molecule has 0 saturated heterocycles. The van der Waals surface area contributed by atoms with E-state index in [0.717, 1.165) is 27.1 Å². The Kier molecular flexibility index (Phi) is 2.17. The van der Waals surface area contributed by atoms with E-state index in [0.29, 0.717) is 5.02 Å². The van der Waals surface area contributed by atoms with Gasteiger partial charge in [0, 0.05) is 16.1 Å². The molecule has 4 rings (SSSR count). The highest BCUT2D eigenvalue weighted by atomic mass is 79.9. The molecule has 18 heavy (non-hydrogen) atoms. The van der Waals surface area contributed by atoms with E-state index in [-0.39, 0.29) is 12.2 Å². The van der Waals surface area contributed by atoms with Crippen LogP contribution in [0.15, 0.2) is 40.9 Å². The van der Waals surface area contributed by atoms with Crippen LogP contribution in [0.25, 0.3) is 0 Å². The molecule has 90 valence electrons. The van der Waals surface area contributed by atoms with E-state index < -0.39 is 0 Å². The molecule has 2 aliphatic rings. The summed E-state index contributed by atoms with van der Waals surface area (Å²) in [5.41, 5.74) is 2.15. The number of rotatable bonds is 0. The van der Waals surface area contributed by atoms with Crippen molar-refractivity contribution in [1.82, 2.24) is 0 Å². The average Bonchev–Trinajstić information content (AvgIpc) is 2.86. The van der Waals surface area contributed by atoms with Gasteiger partial charge in [-0.25, -0.2) is 0 Å². The Morgan fingerprint density at radius 1 is 1.00 bits per heavy atom. The number of ether oxygens (including phenoxy) is 2. The van der Waals surface area contributed by atoms with Gasteiger partial charge in [-0.3, -0.25) is 0 Å². The predicted molar refractivity (Wildman–Crippen MR) is 72.3 cm³/mol. The Balaban J connectivity index is 1.84. The highest BCUT2D eigenvalue weighted by Gasteiger charge is 2.44. The predicted octanol–water partition coefficient (Wildman–Crippen LogP) is 4.67. The van der Waals surface area contributed by atoms with E-state index in [1.807, 2.05) is 36.4 Å². The van der Waals surface area contributed by atoms with Crippen LogP contribution in [0, 0.1) is 0 Å². The first kappa shape index (κ1) is 10.7. The molecule has 4 heteroatoms. The number of hydrogen-bond acceptors (Lipinski definition) is 2. The number of hydrogen-bond donors (Lipinski definition) is 0. The van der Waals surface area contributed by atoms with Crippen molar-refractivity contribution in [3.05, 3.63) is 57.0 Å². The lowest BCUT2D eigenvalue weighted by atomic mass is 10.0. The van der Waals surface area contributed by atoms with E-state index in [1.54, 1.807) is 0 Å². The van der Waals surface area contributed by atoms with Crippen LogP contribution in [0.4, 0.5) is 0 Å². The molecule has 0 fully saturated rings. The molecular formula is C14H8BrClO2. The van der Waals surface area contributed by atoms with Gasteiger partial charge >= 0.3 is 0 Å². The average molecular weight is 324 g/mol. The number of halogens is 2. The molecule has 2 aliphatic heterocycles. The van der Waals surface area contributed by atoms with Crippen LogP contribution < -0.4 is 9.47 Å². The Labute approximate surface area is 118 Å². The lowest BCUT2D eigenvalue weighted by molar-refractivity contribution is 0.123. The Hall–Kier alpha value is -1.19. The second-order valence-corrected chi connectivity index (χ2v) is 5.71. The van der Waals surface area contributed by atoms with Crippen LogP contribution in [0.1, 0.15) is 23.3 Å². The van der Waals surface area contributed by atoms with E-state index >= 15 is 0 Å². The Bertz CT molecular complexity index is 656. The van der Waals surface area contributed by atoms with Gasteiger partial charge in [-0.15, -0.1) is 0 Å². The van der Waals surface area contributed by atoms with Crippen LogP contribution in [0.5, 0.6) is 11.5 Å². The normalized spacial score (nSPS) is 22.8. The summed E-state index contributed by atoms with van der Waals surface area (Å²) in [7, 11) is 0. The SMILES string of the molecule is Clc1ccc2c(c1)OC1c3cccc(Br)c3OC21. The minimum Gasteiger partial charge on any atom is -0.481 e. The van der Waals surface area contributed by atoms with Crippen LogP contribution >= 0.6 is 27.5 Å². The fourth-order valence-corrected chi connectivity index (χ4v) is 3.20. The van der Waals surface area contributed by atoms with Crippen molar-refractivity contribution < 1.29 is 9.47 Å². The Morgan fingerprint density at radius 2 is 1.83 bits per heavy atom. The number of benzene rings is 2. The third-order valence-electron chi connectivity index (χ3n) is 3.36. The van der Waals surface area contributed by atoms with Gasteiger partial charge in [0.25, 0.3) is 0 Å². The summed E-state index contributed by atoms with van der Waals surface area (Å²) in [5.74, 6) is 1.70. The molecule has 2 unspecified atom stereocenters. The van der Waals surface area contributed by atoms with Crippen molar-refractivity contribution in [2.75, 3.05) is 0 Å². The van der Waals surface area contributed by atoms with Crippen molar-refractivity contribution >= 4 is 27.5 Å². The molecule has 2 nitrogen and oxygen atoms in total. The van der Waals surface area contributed by atoms with E-state index in [2.05, 4.69) is 15.9 Å². The summed E-state index contributed by atoms with van der Waals surface area (Å²) in [6.07, 6.45) is -0.128. The van der Waals surface area contributed by atoms with Gasteiger partial charge in [0.15, 0.2) is 12.2 Å². The van der Waals surface area contributed by atoms with Gasteiger partial charge in [-0.2, -0.15) is 0 Å². The van der Waals surface area contributed by atoms with Crippen molar-refractivity contribution in [3.8, 4) is 11.5 Å². The maximum atomic E-state index is 6.01. The van der Waals surface area contributed by atoms with Crippen LogP contribution in [-0.4, -0.2) is 0 Å². The lowest BCUT2D eigenvalue weighted by Crippen LogP contribution is -2.06. The minimum atomic E-state index is -0.0639. The fourth-order valence-electron chi connectivity index (χ4n) is 2.56. The first-order valence-corrected chi connectivity index (χ1v) is 6.82. The first-order chi connectivity index (χ1) is 8.74. The molecule has 0 radical (unpaired) electrons. The number of fused-ring (bicyclic) bond motifs is 5. The molecule has 0 spiro atoms. The van der Waals surface area contributed by atoms with Gasteiger partial charge in [-0.1, -0.05) is 23.7 Å². The standard InChI is InChI=1S/C14H8BrClO2/c15-10-3-1-2-9-12(10)18-13-8-5-4-7(16)6-11(8)17-14(9)13/h1-6,13-14H. The van der Waals surface area contributed by atoms with Gasteiger partial charge in [0.05, 0.1) is 4.47 Å². The van der Waals surface area contributed by atoms with Crippen LogP contribution in [0.2, 0.25) is 5.02 Å². The highest BCUT2D eigenvalue weighted by Crippen LogP contribution is 2.55. The maximum Gasteiger partial charge on any atom is 0.168 e. The smallest absolute Gasteiger partial charge is 0.168 e. The molecule has 0 saturated carbocycles. The molecule has 0 aromatic heterocycles. The summed E-state index contributed by atoms with van der Waals surface area (Å²) >= 11 is 9.48. The van der Waals surface area contributed by atoms with Gasteiger partial charge in [0.2, 0.25) is 0 Å². The van der Waals surface area contributed by atoms with Crippen molar-refractivity contribution in [2.45, 2.75) is 12.2 Å². The quantitative estimate of drug-likeness (QED) is 0.701. The molecule has 2 atom stereocenters. The summed E-state index contributed by atoms with van der Waals surface area (Å²) < 4.78 is 12.9. The van der Waals surface area contributed by atoms with Gasteiger partial charge in [0.1, 0.15) is 11.5 Å². The van der Waals surface area contributed by atoms with E-state index in [4.69, 9.17) is 21.1 Å². The topological polar surface area (TPSA) is 18.5 Å². The Morgan fingerprint density at radius 3 is 2.72 bits per heavy atom. The zero-order valence-corrected chi connectivity index (χ0v) is 11.5.